The average Bonchev–Trinajstić information content (AvgIpc) is 2.55. The molecule has 22 heavy (non-hydrogen) atoms. The highest BCUT2D eigenvalue weighted by Crippen LogP contribution is 2.23. The lowest BCUT2D eigenvalue weighted by Gasteiger charge is -2.25. The van der Waals surface area contributed by atoms with Gasteiger partial charge in [0.05, 0.1) is 0 Å². The molecule has 112 valence electrons. The molecule has 0 fully saturated rings. The Bertz CT molecular complexity index is 685. The van der Waals surface area contributed by atoms with Crippen LogP contribution in [0, 0.1) is 0 Å². The van der Waals surface area contributed by atoms with Gasteiger partial charge in [0, 0.05) is 30.3 Å². The number of benzene rings is 2. The number of carbonyl (C=O) groups is 2. The first kappa shape index (κ1) is 14.1. The summed E-state index contributed by atoms with van der Waals surface area (Å²) in [5, 5.41) is 8.48. The molecule has 3 rings (SSSR count). The van der Waals surface area contributed by atoms with Gasteiger partial charge in [-0.15, -0.1) is 0 Å². The number of para-hydroxylation sites is 1. The number of anilines is 1. The van der Waals surface area contributed by atoms with Crippen molar-refractivity contribution in [3.63, 3.8) is 0 Å². The van der Waals surface area contributed by atoms with Crippen LogP contribution in [0.15, 0.2) is 54.6 Å². The smallest absolute Gasteiger partial charge is 0.319 e. The molecule has 3 N–H and O–H groups in total. The van der Waals surface area contributed by atoms with Gasteiger partial charge in [-0.1, -0.05) is 36.4 Å². The molecule has 1 heterocycles. The zero-order valence-electron chi connectivity index (χ0n) is 12.0. The van der Waals surface area contributed by atoms with Crippen molar-refractivity contribution in [2.75, 3.05) is 18.4 Å². The third-order valence-electron chi connectivity index (χ3n) is 3.69. The Balaban J connectivity index is 1.61. The Kier molecular flexibility index (Phi) is 4.05. The first-order valence-electron chi connectivity index (χ1n) is 7.21. The number of hydrogen-bond acceptors (Lipinski definition) is 2. The third-order valence-corrected chi connectivity index (χ3v) is 3.69. The molecular weight excluding hydrogens is 278 g/mol. The van der Waals surface area contributed by atoms with Crippen LogP contribution >= 0.6 is 0 Å². The number of rotatable bonds is 3. The van der Waals surface area contributed by atoms with Gasteiger partial charge < -0.3 is 16.0 Å². The number of nitrogens with one attached hydrogen (secondary N) is 3. The van der Waals surface area contributed by atoms with Crippen LogP contribution < -0.4 is 16.0 Å². The summed E-state index contributed by atoms with van der Waals surface area (Å²) in [6.07, 6.45) is 0. The van der Waals surface area contributed by atoms with E-state index in [2.05, 4.69) is 16.0 Å². The van der Waals surface area contributed by atoms with E-state index in [1.54, 1.807) is 6.07 Å². The summed E-state index contributed by atoms with van der Waals surface area (Å²) in [6, 6.07) is 16.5. The molecule has 1 aliphatic rings. The Morgan fingerprint density at radius 2 is 1.82 bits per heavy atom. The standard InChI is InChI=1S/C17H17N3O2/c21-16-15-9-5-4-8-14(15)12(10-18-16)11-19-17(22)20-13-6-2-1-3-7-13/h1-9,12H,10-11H2,(H,18,21)(H2,19,20,22). The van der Waals surface area contributed by atoms with Gasteiger partial charge in [0.15, 0.2) is 0 Å². The van der Waals surface area contributed by atoms with Crippen molar-refractivity contribution in [2.24, 2.45) is 0 Å². The molecule has 5 nitrogen and oxygen atoms in total. The van der Waals surface area contributed by atoms with Gasteiger partial charge >= 0.3 is 6.03 Å². The summed E-state index contributed by atoms with van der Waals surface area (Å²) in [6.45, 7) is 0.997. The SMILES string of the molecule is O=C(NCC1CNC(=O)c2ccccc21)Nc1ccccc1. The summed E-state index contributed by atoms with van der Waals surface area (Å²) in [5.41, 5.74) is 2.41. The molecule has 2 aromatic rings. The van der Waals surface area contributed by atoms with Crippen molar-refractivity contribution >= 4 is 17.6 Å². The second kappa shape index (κ2) is 6.30. The molecule has 1 aliphatic heterocycles. The fourth-order valence-electron chi connectivity index (χ4n) is 2.58. The number of urea groups is 1. The molecule has 0 radical (unpaired) electrons. The van der Waals surface area contributed by atoms with Gasteiger partial charge in [-0.3, -0.25) is 4.79 Å². The van der Waals surface area contributed by atoms with Crippen molar-refractivity contribution in [1.82, 2.24) is 10.6 Å². The van der Waals surface area contributed by atoms with Gasteiger partial charge in [0.1, 0.15) is 0 Å². The molecule has 3 amide bonds. The normalized spacial score (nSPS) is 16.4. The van der Waals surface area contributed by atoms with Crippen LogP contribution in [0.2, 0.25) is 0 Å². The van der Waals surface area contributed by atoms with Crippen LogP contribution in [-0.4, -0.2) is 25.0 Å². The van der Waals surface area contributed by atoms with Crippen molar-refractivity contribution < 1.29 is 9.59 Å². The predicted molar refractivity (Wildman–Crippen MR) is 85.0 cm³/mol. The second-order valence-corrected chi connectivity index (χ2v) is 5.20. The van der Waals surface area contributed by atoms with Gasteiger partial charge in [-0.05, 0) is 23.8 Å². The summed E-state index contributed by atoms with van der Waals surface area (Å²) < 4.78 is 0. The zero-order chi connectivity index (χ0) is 15.4. The summed E-state index contributed by atoms with van der Waals surface area (Å²) in [5.74, 6) is 0.0241. The largest absolute Gasteiger partial charge is 0.351 e. The summed E-state index contributed by atoms with van der Waals surface area (Å²) in [7, 11) is 0. The van der Waals surface area contributed by atoms with E-state index in [1.807, 2.05) is 48.5 Å². The van der Waals surface area contributed by atoms with E-state index >= 15 is 0 Å². The molecule has 2 aromatic carbocycles. The highest BCUT2D eigenvalue weighted by molar-refractivity contribution is 5.97. The van der Waals surface area contributed by atoms with Crippen LogP contribution in [0.1, 0.15) is 21.8 Å². The highest BCUT2D eigenvalue weighted by atomic mass is 16.2. The Hall–Kier alpha value is -2.82. The molecule has 5 heteroatoms. The molecule has 0 saturated carbocycles. The fourth-order valence-corrected chi connectivity index (χ4v) is 2.58. The van der Waals surface area contributed by atoms with E-state index in [0.29, 0.717) is 18.7 Å². The molecular formula is C17H17N3O2. The molecule has 1 atom stereocenters. The molecule has 0 bridgehead atoms. The van der Waals surface area contributed by atoms with Crippen molar-refractivity contribution in [3.05, 3.63) is 65.7 Å². The number of carbonyl (C=O) groups excluding carboxylic acids is 2. The first-order chi connectivity index (χ1) is 10.7. The minimum Gasteiger partial charge on any atom is -0.351 e. The summed E-state index contributed by atoms with van der Waals surface area (Å²) >= 11 is 0. The van der Waals surface area contributed by atoms with Crippen molar-refractivity contribution in [1.29, 1.82) is 0 Å². The van der Waals surface area contributed by atoms with Crippen molar-refractivity contribution in [3.8, 4) is 0 Å². The van der Waals surface area contributed by atoms with Gasteiger partial charge in [-0.2, -0.15) is 0 Å². The lowest BCUT2D eigenvalue weighted by Crippen LogP contribution is -2.41. The molecule has 1 unspecified atom stereocenters. The maximum absolute atomic E-state index is 11.9. The van der Waals surface area contributed by atoms with Crippen LogP contribution in [0.5, 0.6) is 0 Å². The topological polar surface area (TPSA) is 70.2 Å². The Morgan fingerprint density at radius 3 is 2.64 bits per heavy atom. The molecule has 0 spiro atoms. The van der Waals surface area contributed by atoms with Gasteiger partial charge in [-0.25, -0.2) is 4.79 Å². The number of fused-ring (bicyclic) bond motifs is 1. The Morgan fingerprint density at radius 1 is 1.09 bits per heavy atom. The maximum Gasteiger partial charge on any atom is 0.319 e. The maximum atomic E-state index is 11.9. The zero-order valence-corrected chi connectivity index (χ0v) is 12.0. The Labute approximate surface area is 128 Å². The minimum absolute atomic E-state index is 0.0550. The van der Waals surface area contributed by atoms with Crippen molar-refractivity contribution in [2.45, 2.75) is 5.92 Å². The quantitative estimate of drug-likeness (QED) is 0.813. The third kappa shape index (κ3) is 3.09. The lowest BCUT2D eigenvalue weighted by atomic mass is 9.90. The van der Waals surface area contributed by atoms with E-state index in [4.69, 9.17) is 0 Å². The van der Waals surface area contributed by atoms with Crippen LogP contribution in [0.3, 0.4) is 0 Å². The molecule has 0 saturated heterocycles. The number of amides is 3. The summed E-state index contributed by atoms with van der Waals surface area (Å²) in [4.78, 5) is 23.7. The number of hydrogen-bond donors (Lipinski definition) is 3. The van der Waals surface area contributed by atoms with E-state index in [-0.39, 0.29) is 17.9 Å². The van der Waals surface area contributed by atoms with E-state index < -0.39 is 0 Å². The van der Waals surface area contributed by atoms with E-state index in [1.165, 1.54) is 0 Å². The fraction of sp³-hybridized carbons (Fsp3) is 0.176. The highest BCUT2D eigenvalue weighted by Gasteiger charge is 2.24. The second-order valence-electron chi connectivity index (χ2n) is 5.20. The molecule has 0 aromatic heterocycles. The average molecular weight is 295 g/mol. The van der Waals surface area contributed by atoms with Crippen LogP contribution in [0.25, 0.3) is 0 Å². The monoisotopic (exact) mass is 295 g/mol. The van der Waals surface area contributed by atoms with E-state index in [9.17, 15) is 9.59 Å². The molecule has 0 aliphatic carbocycles. The van der Waals surface area contributed by atoms with Crippen LogP contribution in [-0.2, 0) is 0 Å². The predicted octanol–water partition coefficient (Wildman–Crippen LogP) is 2.34. The minimum atomic E-state index is -0.249. The van der Waals surface area contributed by atoms with Gasteiger partial charge in [0.2, 0.25) is 0 Å². The van der Waals surface area contributed by atoms with Gasteiger partial charge in [0.25, 0.3) is 5.91 Å². The lowest BCUT2D eigenvalue weighted by molar-refractivity contribution is 0.0940. The van der Waals surface area contributed by atoms with E-state index in [0.717, 1.165) is 11.3 Å². The van der Waals surface area contributed by atoms with Crippen LogP contribution in [0.4, 0.5) is 10.5 Å². The first-order valence-corrected chi connectivity index (χ1v) is 7.21.